The second kappa shape index (κ2) is 7.39. The Balaban J connectivity index is 1.67. The molecule has 0 fully saturated rings. The average molecular weight is 417 g/mol. The molecule has 5 aromatic rings. The molecule has 0 aliphatic heterocycles. The SMILES string of the molecule is COc1cc(-c2cncc3cc(-c4ccc5[nH]ccc5c4)sc23)cc(OC)c1OC. The Labute approximate surface area is 177 Å². The summed E-state index contributed by atoms with van der Waals surface area (Å²) in [7, 11) is 4.86. The third kappa shape index (κ3) is 2.97. The zero-order valence-corrected chi connectivity index (χ0v) is 17.7. The molecule has 2 aromatic carbocycles. The van der Waals surface area contributed by atoms with Crippen molar-refractivity contribution in [3.8, 4) is 38.8 Å². The summed E-state index contributed by atoms with van der Waals surface area (Å²) in [6.07, 6.45) is 5.76. The molecule has 0 unspecified atom stereocenters. The van der Waals surface area contributed by atoms with Crippen LogP contribution in [-0.2, 0) is 0 Å². The monoisotopic (exact) mass is 416 g/mol. The van der Waals surface area contributed by atoms with Crippen LogP contribution in [0.5, 0.6) is 17.2 Å². The molecule has 0 saturated heterocycles. The van der Waals surface area contributed by atoms with Crippen LogP contribution in [-0.4, -0.2) is 31.3 Å². The molecule has 0 amide bonds. The van der Waals surface area contributed by atoms with Crippen molar-refractivity contribution in [1.29, 1.82) is 0 Å². The van der Waals surface area contributed by atoms with Gasteiger partial charge in [0, 0.05) is 44.6 Å². The Kier molecular flexibility index (Phi) is 4.56. The zero-order chi connectivity index (χ0) is 20.7. The van der Waals surface area contributed by atoms with Gasteiger partial charge < -0.3 is 19.2 Å². The largest absolute Gasteiger partial charge is 0.493 e. The van der Waals surface area contributed by atoms with Crippen molar-refractivity contribution < 1.29 is 14.2 Å². The van der Waals surface area contributed by atoms with E-state index in [2.05, 4.69) is 40.3 Å². The van der Waals surface area contributed by atoms with Crippen molar-refractivity contribution in [3.05, 3.63) is 61.1 Å². The highest BCUT2D eigenvalue weighted by Gasteiger charge is 2.17. The number of aromatic amines is 1. The molecule has 0 spiro atoms. The number of methoxy groups -OCH3 is 3. The molecule has 1 N–H and O–H groups in total. The van der Waals surface area contributed by atoms with Crippen LogP contribution in [0.3, 0.4) is 0 Å². The van der Waals surface area contributed by atoms with Crippen molar-refractivity contribution in [1.82, 2.24) is 9.97 Å². The van der Waals surface area contributed by atoms with Crippen LogP contribution in [0.25, 0.3) is 42.6 Å². The number of pyridine rings is 1. The quantitative estimate of drug-likeness (QED) is 0.374. The van der Waals surface area contributed by atoms with Crippen molar-refractivity contribution in [2.45, 2.75) is 0 Å². The Morgan fingerprint density at radius 3 is 2.33 bits per heavy atom. The van der Waals surface area contributed by atoms with E-state index >= 15 is 0 Å². The van der Waals surface area contributed by atoms with Gasteiger partial charge in [-0.15, -0.1) is 11.3 Å². The minimum atomic E-state index is 0.579. The summed E-state index contributed by atoms with van der Waals surface area (Å²) >= 11 is 1.76. The molecule has 5 rings (SSSR count). The predicted molar refractivity (Wildman–Crippen MR) is 122 cm³/mol. The van der Waals surface area contributed by atoms with Gasteiger partial charge in [0.1, 0.15) is 0 Å². The first-order valence-corrected chi connectivity index (χ1v) is 10.3. The van der Waals surface area contributed by atoms with E-state index in [-0.39, 0.29) is 0 Å². The number of aromatic nitrogens is 2. The lowest BCUT2D eigenvalue weighted by Gasteiger charge is -2.14. The summed E-state index contributed by atoms with van der Waals surface area (Å²) in [4.78, 5) is 8.93. The van der Waals surface area contributed by atoms with Gasteiger partial charge in [-0.05, 0) is 52.9 Å². The third-order valence-corrected chi connectivity index (χ3v) is 6.47. The van der Waals surface area contributed by atoms with Gasteiger partial charge in [-0.2, -0.15) is 0 Å². The van der Waals surface area contributed by atoms with Crippen molar-refractivity contribution in [2.24, 2.45) is 0 Å². The first-order chi connectivity index (χ1) is 14.7. The van der Waals surface area contributed by atoms with E-state index in [1.807, 2.05) is 30.7 Å². The molecule has 0 saturated carbocycles. The number of ether oxygens (including phenoxy) is 3. The average Bonchev–Trinajstić information content (AvgIpc) is 3.43. The third-order valence-electron chi connectivity index (χ3n) is 5.24. The summed E-state index contributed by atoms with van der Waals surface area (Å²) in [6, 6.07) is 14.7. The molecule has 0 aliphatic rings. The first kappa shape index (κ1) is 18.5. The van der Waals surface area contributed by atoms with Gasteiger partial charge >= 0.3 is 0 Å². The molecule has 0 atom stereocenters. The standard InChI is InChI=1S/C24H20N2O3S/c1-27-20-9-16(10-21(28-2)23(20)29-3)18-13-25-12-17-11-22(30-24(17)18)15-4-5-19-14(8-15)6-7-26-19/h4-13,26H,1-3H3. The number of rotatable bonds is 5. The van der Waals surface area contributed by atoms with Gasteiger partial charge in [-0.3, -0.25) is 4.98 Å². The van der Waals surface area contributed by atoms with Gasteiger partial charge in [-0.25, -0.2) is 0 Å². The lowest BCUT2D eigenvalue weighted by Crippen LogP contribution is -1.95. The fraction of sp³-hybridized carbons (Fsp3) is 0.125. The Bertz CT molecular complexity index is 1340. The lowest BCUT2D eigenvalue weighted by molar-refractivity contribution is 0.324. The lowest BCUT2D eigenvalue weighted by atomic mass is 10.0. The maximum atomic E-state index is 5.54. The minimum absolute atomic E-state index is 0.579. The predicted octanol–water partition coefficient (Wildman–Crippen LogP) is 6.14. The number of fused-ring (bicyclic) bond motifs is 2. The topological polar surface area (TPSA) is 56.4 Å². The van der Waals surface area contributed by atoms with Crippen LogP contribution in [0.15, 0.2) is 61.1 Å². The van der Waals surface area contributed by atoms with E-state index in [1.54, 1.807) is 32.7 Å². The van der Waals surface area contributed by atoms with Crippen molar-refractivity contribution >= 4 is 32.3 Å². The van der Waals surface area contributed by atoms with E-state index in [0.717, 1.165) is 22.0 Å². The zero-order valence-electron chi connectivity index (χ0n) is 16.9. The fourth-order valence-corrected chi connectivity index (χ4v) is 4.91. The highest BCUT2D eigenvalue weighted by molar-refractivity contribution is 7.22. The second-order valence-corrected chi connectivity index (χ2v) is 7.96. The number of hydrogen-bond acceptors (Lipinski definition) is 5. The number of hydrogen-bond donors (Lipinski definition) is 1. The van der Waals surface area contributed by atoms with Gasteiger partial charge in [0.2, 0.25) is 5.75 Å². The van der Waals surface area contributed by atoms with Gasteiger partial charge in [0.15, 0.2) is 11.5 Å². The summed E-state index contributed by atoms with van der Waals surface area (Å²) in [5.41, 5.74) is 4.33. The molecule has 0 radical (unpaired) electrons. The first-order valence-electron chi connectivity index (χ1n) is 9.47. The maximum Gasteiger partial charge on any atom is 0.203 e. The summed E-state index contributed by atoms with van der Waals surface area (Å²) in [6.45, 7) is 0. The summed E-state index contributed by atoms with van der Waals surface area (Å²) in [5, 5.41) is 2.31. The highest BCUT2D eigenvalue weighted by atomic mass is 32.1. The van der Waals surface area contributed by atoms with Crippen LogP contribution in [0.1, 0.15) is 0 Å². The van der Waals surface area contributed by atoms with Gasteiger partial charge in [0.05, 0.1) is 21.3 Å². The number of benzene rings is 2. The number of nitrogens with one attached hydrogen (secondary N) is 1. The smallest absolute Gasteiger partial charge is 0.203 e. The molecular weight excluding hydrogens is 396 g/mol. The number of thiophene rings is 1. The Morgan fingerprint density at radius 1 is 0.800 bits per heavy atom. The normalized spacial score (nSPS) is 11.2. The van der Waals surface area contributed by atoms with E-state index in [0.29, 0.717) is 17.2 Å². The second-order valence-electron chi connectivity index (χ2n) is 6.91. The van der Waals surface area contributed by atoms with Crippen molar-refractivity contribution in [3.63, 3.8) is 0 Å². The van der Waals surface area contributed by atoms with Crippen LogP contribution < -0.4 is 14.2 Å². The van der Waals surface area contributed by atoms with Crippen LogP contribution in [0.4, 0.5) is 0 Å². The van der Waals surface area contributed by atoms with Crippen molar-refractivity contribution in [2.75, 3.05) is 21.3 Å². The maximum absolute atomic E-state index is 5.54. The van der Waals surface area contributed by atoms with E-state index in [4.69, 9.17) is 14.2 Å². The Hall–Kier alpha value is -3.51. The van der Waals surface area contributed by atoms with Crippen LogP contribution in [0.2, 0.25) is 0 Å². The van der Waals surface area contributed by atoms with Crippen LogP contribution >= 0.6 is 11.3 Å². The minimum Gasteiger partial charge on any atom is -0.493 e. The molecular formula is C24H20N2O3S. The summed E-state index contributed by atoms with van der Waals surface area (Å²) < 4.78 is 17.7. The highest BCUT2D eigenvalue weighted by Crippen LogP contribution is 2.44. The summed E-state index contributed by atoms with van der Waals surface area (Å²) in [5.74, 6) is 1.83. The molecule has 0 bridgehead atoms. The molecule has 3 heterocycles. The van der Waals surface area contributed by atoms with E-state index in [1.165, 1.54) is 20.5 Å². The number of H-pyrrole nitrogens is 1. The molecule has 0 aliphatic carbocycles. The fourth-order valence-electron chi connectivity index (χ4n) is 3.75. The molecule has 5 nitrogen and oxygen atoms in total. The Morgan fingerprint density at radius 2 is 1.60 bits per heavy atom. The molecule has 3 aromatic heterocycles. The van der Waals surface area contributed by atoms with Gasteiger partial charge in [-0.1, -0.05) is 6.07 Å². The van der Waals surface area contributed by atoms with Crippen LogP contribution in [0, 0.1) is 0 Å². The van der Waals surface area contributed by atoms with Gasteiger partial charge in [0.25, 0.3) is 0 Å². The molecule has 150 valence electrons. The van der Waals surface area contributed by atoms with E-state index < -0.39 is 0 Å². The molecule has 6 heteroatoms. The molecule has 30 heavy (non-hydrogen) atoms. The van der Waals surface area contributed by atoms with E-state index in [9.17, 15) is 0 Å². The number of nitrogens with zero attached hydrogens (tertiary/aromatic N) is 1.